The second-order valence-corrected chi connectivity index (χ2v) is 8.39. The Morgan fingerprint density at radius 2 is 1.36 bits per heavy atom. The van der Waals surface area contributed by atoms with E-state index in [9.17, 15) is 9.36 Å². The minimum atomic E-state index is -3.57. The first-order valence-electron chi connectivity index (χ1n) is 8.56. The van der Waals surface area contributed by atoms with E-state index in [2.05, 4.69) is 20.6 Å². The van der Waals surface area contributed by atoms with Crippen LogP contribution in [0.5, 0.6) is 0 Å². The Labute approximate surface area is 168 Å². The van der Waals surface area contributed by atoms with E-state index in [1.807, 2.05) is 43.3 Å². The summed E-state index contributed by atoms with van der Waals surface area (Å²) in [6, 6.07) is 22.5. The molecule has 0 fully saturated rings. The molecule has 0 aliphatic rings. The van der Waals surface area contributed by atoms with Crippen molar-refractivity contribution in [3.63, 3.8) is 0 Å². The highest BCUT2D eigenvalue weighted by Crippen LogP contribution is 2.41. The van der Waals surface area contributed by atoms with Crippen molar-refractivity contribution < 1.29 is 9.36 Å². The van der Waals surface area contributed by atoms with Crippen LogP contribution in [0.1, 0.15) is 5.56 Å². The third-order valence-corrected chi connectivity index (χ3v) is 5.88. The van der Waals surface area contributed by atoms with Crippen LogP contribution in [0.3, 0.4) is 0 Å². The Hall–Kier alpha value is -2.95. The lowest BCUT2D eigenvalue weighted by Gasteiger charge is -2.23. The first-order chi connectivity index (χ1) is 13.4. The van der Waals surface area contributed by atoms with Gasteiger partial charge in [0, 0.05) is 22.1 Å². The number of benzene rings is 3. The number of nitrogens with one attached hydrogen (secondary N) is 4. The van der Waals surface area contributed by atoms with E-state index in [0.29, 0.717) is 22.1 Å². The monoisotopic (exact) mass is 414 g/mol. The van der Waals surface area contributed by atoms with Crippen LogP contribution in [0.4, 0.5) is 21.9 Å². The molecule has 144 valence electrons. The number of aryl methyl sites for hydroxylation is 1. The Morgan fingerprint density at radius 3 is 1.86 bits per heavy atom. The predicted octanol–water partition coefficient (Wildman–Crippen LogP) is 6.10. The molecule has 0 aliphatic heterocycles. The minimum Gasteiger partial charge on any atom is -0.308 e. The molecule has 0 saturated heterocycles. The van der Waals surface area contributed by atoms with Crippen molar-refractivity contribution in [2.45, 2.75) is 6.92 Å². The minimum absolute atomic E-state index is 0.499. The van der Waals surface area contributed by atoms with Gasteiger partial charge in [0.2, 0.25) is 0 Å². The van der Waals surface area contributed by atoms with E-state index in [1.54, 1.807) is 42.5 Å². The number of para-hydroxylation sites is 2. The van der Waals surface area contributed by atoms with Crippen molar-refractivity contribution in [1.29, 1.82) is 0 Å². The highest BCUT2D eigenvalue weighted by atomic mass is 35.5. The Balaban J connectivity index is 1.78. The maximum atomic E-state index is 13.5. The van der Waals surface area contributed by atoms with Crippen LogP contribution in [-0.2, 0) is 4.57 Å². The first kappa shape index (κ1) is 19.8. The molecule has 4 N–H and O–H groups in total. The number of hydrogen-bond acceptors (Lipinski definition) is 2. The Kier molecular flexibility index (Phi) is 6.24. The van der Waals surface area contributed by atoms with Gasteiger partial charge >= 0.3 is 13.6 Å². The van der Waals surface area contributed by atoms with Gasteiger partial charge in [-0.05, 0) is 48.9 Å². The van der Waals surface area contributed by atoms with Crippen molar-refractivity contribution in [3.8, 4) is 0 Å². The van der Waals surface area contributed by atoms with E-state index in [1.165, 1.54) is 0 Å². The number of carbonyl (C=O) groups is 1. The number of halogens is 1. The smallest absolute Gasteiger partial charge is 0.308 e. The molecule has 0 unspecified atom stereocenters. The normalized spacial score (nSPS) is 10.8. The summed E-state index contributed by atoms with van der Waals surface area (Å²) in [7, 11) is -3.57. The zero-order chi connectivity index (χ0) is 20.0. The van der Waals surface area contributed by atoms with Crippen molar-refractivity contribution in [3.05, 3.63) is 89.4 Å². The second kappa shape index (κ2) is 8.83. The fourth-order valence-corrected chi connectivity index (χ4v) is 4.16. The molecule has 6 nitrogen and oxygen atoms in total. The van der Waals surface area contributed by atoms with Crippen molar-refractivity contribution in [2.75, 3.05) is 15.5 Å². The van der Waals surface area contributed by atoms with Gasteiger partial charge in [0.15, 0.2) is 0 Å². The molecule has 8 heteroatoms. The SMILES string of the molecule is Cc1ccc(NC(=O)NP(=O)(Nc2ccccc2)Nc2ccccc2)cc1Cl. The summed E-state index contributed by atoms with van der Waals surface area (Å²) in [6.07, 6.45) is 0. The molecule has 28 heavy (non-hydrogen) atoms. The summed E-state index contributed by atoms with van der Waals surface area (Å²) in [5, 5.41) is 11.5. The average molecular weight is 415 g/mol. The number of carbonyl (C=O) groups excluding carboxylic acids is 1. The maximum Gasteiger partial charge on any atom is 0.356 e. The fraction of sp³-hybridized carbons (Fsp3) is 0.0500. The highest BCUT2D eigenvalue weighted by Gasteiger charge is 2.25. The van der Waals surface area contributed by atoms with Crippen LogP contribution >= 0.6 is 19.2 Å². The summed E-state index contributed by atoms with van der Waals surface area (Å²) in [5.74, 6) is 0. The summed E-state index contributed by atoms with van der Waals surface area (Å²) in [6.45, 7) is 1.87. The van der Waals surface area contributed by atoms with E-state index >= 15 is 0 Å². The van der Waals surface area contributed by atoms with Gasteiger partial charge in [-0.1, -0.05) is 54.1 Å². The molecule has 3 aromatic carbocycles. The number of amides is 2. The lowest BCUT2D eigenvalue weighted by Crippen LogP contribution is -2.31. The molecule has 0 radical (unpaired) electrons. The Bertz CT molecular complexity index is 954. The van der Waals surface area contributed by atoms with Gasteiger partial charge in [-0.3, -0.25) is 9.65 Å². The van der Waals surface area contributed by atoms with Crippen LogP contribution in [0.15, 0.2) is 78.9 Å². The van der Waals surface area contributed by atoms with Crippen LogP contribution in [0.25, 0.3) is 0 Å². The molecule has 0 heterocycles. The lowest BCUT2D eigenvalue weighted by molar-refractivity contribution is 0.256. The summed E-state index contributed by atoms with van der Waals surface area (Å²) in [5.41, 5.74) is 2.61. The quantitative estimate of drug-likeness (QED) is 0.367. The molecular weight excluding hydrogens is 395 g/mol. The molecule has 0 bridgehead atoms. The van der Waals surface area contributed by atoms with Crippen LogP contribution in [-0.4, -0.2) is 6.03 Å². The van der Waals surface area contributed by atoms with Crippen molar-refractivity contribution >= 4 is 42.3 Å². The van der Waals surface area contributed by atoms with Crippen LogP contribution in [0.2, 0.25) is 5.02 Å². The van der Waals surface area contributed by atoms with E-state index in [-0.39, 0.29) is 0 Å². The molecule has 0 saturated carbocycles. The molecular formula is C20H20ClN4O2P. The zero-order valence-electron chi connectivity index (χ0n) is 15.1. The van der Waals surface area contributed by atoms with Crippen molar-refractivity contribution in [2.24, 2.45) is 0 Å². The third-order valence-electron chi connectivity index (χ3n) is 3.81. The largest absolute Gasteiger partial charge is 0.356 e. The summed E-state index contributed by atoms with van der Waals surface area (Å²) >= 11 is 6.09. The van der Waals surface area contributed by atoms with E-state index in [4.69, 9.17) is 11.6 Å². The number of rotatable bonds is 6. The van der Waals surface area contributed by atoms with Gasteiger partial charge in [-0.25, -0.2) is 4.79 Å². The molecule has 3 rings (SSSR count). The summed E-state index contributed by atoms with van der Waals surface area (Å²) < 4.78 is 13.5. The van der Waals surface area contributed by atoms with Gasteiger partial charge < -0.3 is 15.5 Å². The third kappa shape index (κ3) is 5.52. The number of hydrogen-bond donors (Lipinski definition) is 4. The topological polar surface area (TPSA) is 82.3 Å². The fourth-order valence-electron chi connectivity index (χ4n) is 2.45. The van der Waals surface area contributed by atoms with E-state index in [0.717, 1.165) is 5.56 Å². The Morgan fingerprint density at radius 1 is 0.821 bits per heavy atom. The van der Waals surface area contributed by atoms with Gasteiger partial charge in [-0.15, -0.1) is 0 Å². The van der Waals surface area contributed by atoms with Crippen LogP contribution < -0.4 is 20.6 Å². The number of urea groups is 1. The van der Waals surface area contributed by atoms with E-state index < -0.39 is 13.6 Å². The van der Waals surface area contributed by atoms with Crippen LogP contribution in [0, 0.1) is 6.92 Å². The van der Waals surface area contributed by atoms with Gasteiger partial charge in [-0.2, -0.15) is 0 Å². The van der Waals surface area contributed by atoms with Gasteiger partial charge in [0.25, 0.3) is 0 Å². The molecule has 3 aromatic rings. The van der Waals surface area contributed by atoms with Gasteiger partial charge in [0.1, 0.15) is 0 Å². The lowest BCUT2D eigenvalue weighted by atomic mass is 10.2. The van der Waals surface area contributed by atoms with Crippen molar-refractivity contribution in [1.82, 2.24) is 5.09 Å². The standard InChI is InChI=1S/C20H20ClN4O2P/c1-15-12-13-18(14-19(15)21)22-20(26)25-28(27,23-16-8-4-2-5-9-16)24-17-10-6-3-7-11-17/h2-14H,1H3,(H4,22,23,24,25,26,27). The zero-order valence-corrected chi connectivity index (χ0v) is 16.8. The molecule has 0 aliphatic carbocycles. The molecule has 2 amide bonds. The first-order valence-corrected chi connectivity index (χ1v) is 10.6. The molecule has 0 aromatic heterocycles. The van der Waals surface area contributed by atoms with Gasteiger partial charge in [0.05, 0.1) is 0 Å². The summed E-state index contributed by atoms with van der Waals surface area (Å²) in [4.78, 5) is 12.5. The molecule has 0 atom stereocenters. The predicted molar refractivity (Wildman–Crippen MR) is 116 cm³/mol. The highest BCUT2D eigenvalue weighted by molar-refractivity contribution is 7.65. The maximum absolute atomic E-state index is 13.5. The second-order valence-electron chi connectivity index (χ2n) is 6.09. The average Bonchev–Trinajstić information content (AvgIpc) is 2.66. The molecule has 0 spiro atoms. The number of anilines is 3.